The van der Waals surface area contributed by atoms with E-state index in [0.717, 1.165) is 22.3 Å². The molecule has 0 aliphatic carbocycles. The van der Waals surface area contributed by atoms with E-state index in [0.29, 0.717) is 12.1 Å². The van der Waals surface area contributed by atoms with Crippen LogP contribution in [0.5, 0.6) is 0 Å². The van der Waals surface area contributed by atoms with E-state index < -0.39 is 0 Å². The lowest BCUT2D eigenvalue weighted by Crippen LogP contribution is -2.51. The van der Waals surface area contributed by atoms with Crippen LogP contribution in [0.2, 0.25) is 0 Å². The minimum Gasteiger partial charge on any atom is -0.365 e. The summed E-state index contributed by atoms with van der Waals surface area (Å²) in [6.07, 6.45) is 0. The van der Waals surface area contributed by atoms with Gasteiger partial charge in [0.15, 0.2) is 0 Å². The molecule has 0 spiro atoms. The van der Waals surface area contributed by atoms with E-state index in [9.17, 15) is 4.39 Å². The molecule has 1 N–H and O–H groups in total. The predicted octanol–water partition coefficient (Wildman–Crippen LogP) is 3.97. The van der Waals surface area contributed by atoms with Crippen molar-refractivity contribution in [2.45, 2.75) is 19.0 Å². The Morgan fingerprint density at radius 3 is 2.67 bits per heavy atom. The van der Waals surface area contributed by atoms with E-state index in [2.05, 4.69) is 64.0 Å². The molecule has 1 heterocycles. The molecule has 4 heteroatoms. The Morgan fingerprint density at radius 1 is 1.19 bits per heavy atom. The summed E-state index contributed by atoms with van der Waals surface area (Å²) in [5.41, 5.74) is 2.42. The van der Waals surface area contributed by atoms with Crippen LogP contribution < -0.4 is 10.2 Å². The summed E-state index contributed by atoms with van der Waals surface area (Å²) >= 11 is 2.22. The van der Waals surface area contributed by atoms with Crippen LogP contribution >= 0.6 is 22.6 Å². The highest BCUT2D eigenvalue weighted by atomic mass is 127. The van der Waals surface area contributed by atoms with Crippen LogP contribution in [0.3, 0.4) is 0 Å². The number of nitrogens with zero attached hydrogens (tertiary/aromatic N) is 1. The van der Waals surface area contributed by atoms with Gasteiger partial charge in [-0.25, -0.2) is 4.39 Å². The van der Waals surface area contributed by atoms with Gasteiger partial charge in [-0.1, -0.05) is 30.3 Å². The number of halogens is 2. The van der Waals surface area contributed by atoms with Crippen LogP contribution in [0, 0.1) is 9.39 Å². The SMILES string of the molecule is CC1CNC(c2ccccc2)CN1c1ccc(F)cc1I. The zero-order valence-corrected chi connectivity index (χ0v) is 14.0. The average molecular weight is 396 g/mol. The number of anilines is 1. The lowest BCUT2D eigenvalue weighted by atomic mass is 10.0. The first kappa shape index (κ1) is 14.8. The average Bonchev–Trinajstić information content (AvgIpc) is 2.49. The quantitative estimate of drug-likeness (QED) is 0.773. The maximum Gasteiger partial charge on any atom is 0.124 e. The number of piperazine rings is 1. The molecule has 3 rings (SSSR count). The summed E-state index contributed by atoms with van der Waals surface area (Å²) < 4.78 is 14.3. The third-order valence-electron chi connectivity index (χ3n) is 3.99. The molecule has 2 unspecified atom stereocenters. The Balaban J connectivity index is 1.87. The van der Waals surface area contributed by atoms with E-state index in [1.807, 2.05) is 12.1 Å². The summed E-state index contributed by atoms with van der Waals surface area (Å²) in [5, 5.41) is 3.60. The van der Waals surface area contributed by atoms with Crippen LogP contribution in [0.15, 0.2) is 48.5 Å². The minimum absolute atomic E-state index is 0.175. The molecule has 1 aliphatic heterocycles. The molecule has 1 saturated heterocycles. The fourth-order valence-corrected chi connectivity index (χ4v) is 3.61. The molecule has 0 bridgehead atoms. The Bertz CT molecular complexity index is 617. The third kappa shape index (κ3) is 3.21. The molecule has 2 atom stereocenters. The fourth-order valence-electron chi connectivity index (χ4n) is 2.82. The van der Waals surface area contributed by atoms with Crippen LogP contribution in [0.4, 0.5) is 10.1 Å². The van der Waals surface area contributed by atoms with E-state index in [1.165, 1.54) is 5.56 Å². The standard InChI is InChI=1S/C17H18FIN2/c1-12-10-20-16(13-5-3-2-4-6-13)11-21(12)17-8-7-14(18)9-15(17)19/h2-9,12,16,20H,10-11H2,1H3. The van der Waals surface area contributed by atoms with Gasteiger partial charge in [-0.15, -0.1) is 0 Å². The lowest BCUT2D eigenvalue weighted by molar-refractivity contribution is 0.414. The molecule has 0 amide bonds. The molecule has 0 saturated carbocycles. The van der Waals surface area contributed by atoms with Gasteiger partial charge in [0, 0.05) is 28.7 Å². The maximum atomic E-state index is 13.3. The molecule has 0 radical (unpaired) electrons. The van der Waals surface area contributed by atoms with Crippen molar-refractivity contribution in [2.24, 2.45) is 0 Å². The zero-order chi connectivity index (χ0) is 14.8. The van der Waals surface area contributed by atoms with Gasteiger partial charge in [0.2, 0.25) is 0 Å². The Labute approximate surface area is 138 Å². The van der Waals surface area contributed by atoms with E-state index in [1.54, 1.807) is 12.1 Å². The molecule has 1 aliphatic rings. The molecular weight excluding hydrogens is 378 g/mol. The third-order valence-corrected chi connectivity index (χ3v) is 4.86. The topological polar surface area (TPSA) is 15.3 Å². The van der Waals surface area contributed by atoms with Gasteiger partial charge in [-0.05, 0) is 53.3 Å². The minimum atomic E-state index is -0.175. The summed E-state index contributed by atoms with van der Waals surface area (Å²) in [5.74, 6) is -0.175. The van der Waals surface area contributed by atoms with Gasteiger partial charge in [0.05, 0.1) is 5.69 Å². The van der Waals surface area contributed by atoms with Crippen molar-refractivity contribution in [3.8, 4) is 0 Å². The van der Waals surface area contributed by atoms with Gasteiger partial charge < -0.3 is 10.2 Å². The van der Waals surface area contributed by atoms with Crippen LogP contribution in [-0.2, 0) is 0 Å². The highest BCUT2D eigenvalue weighted by molar-refractivity contribution is 14.1. The number of rotatable bonds is 2. The highest BCUT2D eigenvalue weighted by Crippen LogP contribution is 2.29. The fraction of sp³-hybridized carbons (Fsp3) is 0.294. The Kier molecular flexibility index (Phi) is 4.45. The molecule has 110 valence electrons. The van der Waals surface area contributed by atoms with E-state index >= 15 is 0 Å². The maximum absolute atomic E-state index is 13.3. The second kappa shape index (κ2) is 6.32. The molecule has 21 heavy (non-hydrogen) atoms. The van der Waals surface area contributed by atoms with Gasteiger partial charge >= 0.3 is 0 Å². The molecule has 1 fully saturated rings. The normalized spacial score (nSPS) is 22.3. The van der Waals surface area contributed by atoms with Crippen molar-refractivity contribution < 1.29 is 4.39 Å². The first-order valence-corrected chi connectivity index (χ1v) is 8.23. The second-order valence-corrected chi connectivity index (χ2v) is 6.63. The number of hydrogen-bond donors (Lipinski definition) is 1. The van der Waals surface area contributed by atoms with Crippen molar-refractivity contribution in [1.29, 1.82) is 0 Å². The van der Waals surface area contributed by atoms with Crippen LogP contribution in [-0.4, -0.2) is 19.1 Å². The number of hydrogen-bond acceptors (Lipinski definition) is 2. The van der Waals surface area contributed by atoms with Crippen LogP contribution in [0.1, 0.15) is 18.5 Å². The van der Waals surface area contributed by atoms with Crippen molar-refractivity contribution in [3.63, 3.8) is 0 Å². The van der Waals surface area contributed by atoms with Crippen molar-refractivity contribution in [1.82, 2.24) is 5.32 Å². The van der Waals surface area contributed by atoms with Crippen molar-refractivity contribution in [3.05, 3.63) is 63.5 Å². The molecule has 2 aromatic rings. The van der Waals surface area contributed by atoms with Gasteiger partial charge in [0.1, 0.15) is 5.82 Å². The Morgan fingerprint density at radius 2 is 1.95 bits per heavy atom. The smallest absolute Gasteiger partial charge is 0.124 e. The first-order chi connectivity index (χ1) is 10.1. The van der Waals surface area contributed by atoms with Crippen LogP contribution in [0.25, 0.3) is 0 Å². The molecule has 2 nitrogen and oxygen atoms in total. The number of nitrogens with one attached hydrogen (secondary N) is 1. The van der Waals surface area contributed by atoms with E-state index in [-0.39, 0.29) is 5.82 Å². The summed E-state index contributed by atoms with van der Waals surface area (Å²) in [6, 6.07) is 16.2. The largest absolute Gasteiger partial charge is 0.365 e. The monoisotopic (exact) mass is 396 g/mol. The summed E-state index contributed by atoms with van der Waals surface area (Å²) in [4.78, 5) is 2.37. The second-order valence-electron chi connectivity index (χ2n) is 5.47. The molecular formula is C17H18FIN2. The van der Waals surface area contributed by atoms with Crippen molar-refractivity contribution in [2.75, 3.05) is 18.0 Å². The summed E-state index contributed by atoms with van der Waals surface area (Å²) in [6.45, 7) is 4.02. The first-order valence-electron chi connectivity index (χ1n) is 7.15. The summed E-state index contributed by atoms with van der Waals surface area (Å²) in [7, 11) is 0. The molecule has 2 aromatic carbocycles. The predicted molar refractivity (Wildman–Crippen MR) is 93.1 cm³/mol. The lowest BCUT2D eigenvalue weighted by Gasteiger charge is -2.41. The van der Waals surface area contributed by atoms with Gasteiger partial charge in [-0.2, -0.15) is 0 Å². The van der Waals surface area contributed by atoms with Gasteiger partial charge in [0.25, 0.3) is 0 Å². The molecule has 0 aromatic heterocycles. The van der Waals surface area contributed by atoms with E-state index in [4.69, 9.17) is 0 Å². The Hall–Kier alpha value is -1.14. The van der Waals surface area contributed by atoms with Crippen molar-refractivity contribution >= 4 is 28.3 Å². The van der Waals surface area contributed by atoms with Gasteiger partial charge in [-0.3, -0.25) is 0 Å². The highest BCUT2D eigenvalue weighted by Gasteiger charge is 2.27. The zero-order valence-electron chi connectivity index (χ0n) is 11.9. The number of benzene rings is 2.